The van der Waals surface area contributed by atoms with Crippen LogP contribution in [0.15, 0.2) is 79.7 Å². The summed E-state index contributed by atoms with van der Waals surface area (Å²) in [6, 6.07) is 10.8. The molecule has 1 heterocycles. The Bertz CT molecular complexity index is 971. The standard InChI is InChI=1S/C21H16Br2ClF2NS/c1-12-8-18(22)16(10-20(23)27-11-12)21(17-9-14(25)4-7-19(17)26)28-15-5-2-13(24)3-6-15/h2-10,21,27H,11H2,1H3/b12-8-,18-16-,20-10-. The van der Waals surface area contributed by atoms with E-state index in [1.165, 1.54) is 17.8 Å². The zero-order chi connectivity index (χ0) is 20.3. The fourth-order valence-corrected chi connectivity index (χ4v) is 5.28. The molecule has 0 aromatic heterocycles. The quantitative estimate of drug-likeness (QED) is 0.309. The van der Waals surface area contributed by atoms with Gasteiger partial charge in [-0.2, -0.15) is 0 Å². The molecule has 1 N–H and O–H groups in total. The number of halogens is 5. The average molecular weight is 548 g/mol. The van der Waals surface area contributed by atoms with Gasteiger partial charge in [0.25, 0.3) is 0 Å². The van der Waals surface area contributed by atoms with E-state index in [1.54, 1.807) is 12.1 Å². The van der Waals surface area contributed by atoms with Crippen molar-refractivity contribution in [1.82, 2.24) is 5.32 Å². The molecular weight excluding hydrogens is 532 g/mol. The Morgan fingerprint density at radius 3 is 2.50 bits per heavy atom. The number of allylic oxidation sites excluding steroid dienone is 3. The minimum absolute atomic E-state index is 0.273. The average Bonchev–Trinajstić information content (AvgIpc) is 2.65. The lowest BCUT2D eigenvalue weighted by Crippen LogP contribution is -2.15. The van der Waals surface area contributed by atoms with Gasteiger partial charge in [0.15, 0.2) is 0 Å². The number of thioether (sulfide) groups is 1. The number of nitrogens with one attached hydrogen (secondary N) is 1. The predicted molar refractivity (Wildman–Crippen MR) is 121 cm³/mol. The van der Waals surface area contributed by atoms with E-state index in [9.17, 15) is 8.78 Å². The van der Waals surface area contributed by atoms with Gasteiger partial charge in [-0.1, -0.05) is 33.1 Å². The van der Waals surface area contributed by atoms with Crippen LogP contribution >= 0.6 is 55.2 Å². The number of rotatable bonds is 4. The summed E-state index contributed by atoms with van der Waals surface area (Å²) in [5.41, 5.74) is 2.18. The van der Waals surface area contributed by atoms with Gasteiger partial charge in [0, 0.05) is 26.5 Å². The van der Waals surface area contributed by atoms with E-state index in [4.69, 9.17) is 11.6 Å². The summed E-state index contributed by atoms with van der Waals surface area (Å²) in [6.07, 6.45) is 3.88. The van der Waals surface area contributed by atoms with Gasteiger partial charge in [0.2, 0.25) is 0 Å². The highest BCUT2D eigenvalue weighted by Gasteiger charge is 2.24. The summed E-state index contributed by atoms with van der Waals surface area (Å²) in [7, 11) is 0. The Hall–Kier alpha value is -1.08. The fourth-order valence-electron chi connectivity index (χ4n) is 2.69. The lowest BCUT2D eigenvalue weighted by Gasteiger charge is -2.23. The van der Waals surface area contributed by atoms with Crippen LogP contribution in [0.1, 0.15) is 17.7 Å². The lowest BCUT2D eigenvalue weighted by molar-refractivity contribution is 0.587. The molecule has 0 fully saturated rings. The molecule has 1 atom stereocenters. The fraction of sp³-hybridized carbons (Fsp3) is 0.143. The second-order valence-corrected chi connectivity index (χ2v) is 9.58. The van der Waals surface area contributed by atoms with Crippen LogP contribution in [-0.2, 0) is 0 Å². The van der Waals surface area contributed by atoms with Crippen molar-refractivity contribution in [3.63, 3.8) is 0 Å². The number of hydrogen-bond acceptors (Lipinski definition) is 2. The largest absolute Gasteiger partial charge is 0.376 e. The first-order chi connectivity index (χ1) is 13.3. The molecule has 0 amide bonds. The molecule has 0 saturated heterocycles. The van der Waals surface area contributed by atoms with Crippen LogP contribution in [0.5, 0.6) is 0 Å². The smallest absolute Gasteiger partial charge is 0.128 e. The zero-order valence-corrected chi connectivity index (χ0v) is 19.5. The van der Waals surface area contributed by atoms with E-state index in [1.807, 2.05) is 31.2 Å². The monoisotopic (exact) mass is 545 g/mol. The van der Waals surface area contributed by atoms with E-state index in [0.717, 1.165) is 37.3 Å². The van der Waals surface area contributed by atoms with Gasteiger partial charge in [0.1, 0.15) is 11.6 Å². The summed E-state index contributed by atoms with van der Waals surface area (Å²) in [6.45, 7) is 2.68. The van der Waals surface area contributed by atoms with Gasteiger partial charge >= 0.3 is 0 Å². The molecule has 146 valence electrons. The molecule has 1 nitrogen and oxygen atoms in total. The van der Waals surface area contributed by atoms with Crippen molar-refractivity contribution >= 4 is 55.2 Å². The summed E-state index contributed by atoms with van der Waals surface area (Å²) in [5.74, 6) is -0.936. The third kappa shape index (κ3) is 5.50. The summed E-state index contributed by atoms with van der Waals surface area (Å²) in [4.78, 5) is 0.895. The molecule has 0 radical (unpaired) electrons. The normalized spacial score (nSPS) is 22.2. The van der Waals surface area contributed by atoms with Crippen LogP contribution in [0.4, 0.5) is 8.78 Å². The Morgan fingerprint density at radius 1 is 1.07 bits per heavy atom. The van der Waals surface area contributed by atoms with Crippen molar-refractivity contribution in [2.24, 2.45) is 0 Å². The van der Waals surface area contributed by atoms with Crippen LogP contribution in [0, 0.1) is 11.6 Å². The SMILES string of the molecule is C/C1=C/C(Br)=C(C(Sc2ccc(Cl)cc2)c2cc(F)ccc2F)\C=C(\Br)NC1. The highest BCUT2D eigenvalue weighted by Crippen LogP contribution is 2.45. The van der Waals surface area contributed by atoms with Crippen LogP contribution < -0.4 is 5.32 Å². The molecule has 0 spiro atoms. The van der Waals surface area contributed by atoms with Crippen molar-refractivity contribution in [3.8, 4) is 0 Å². The number of benzene rings is 2. The van der Waals surface area contributed by atoms with E-state index in [2.05, 4.69) is 37.2 Å². The Morgan fingerprint density at radius 2 is 1.79 bits per heavy atom. The second kappa shape index (κ2) is 9.61. The molecule has 28 heavy (non-hydrogen) atoms. The van der Waals surface area contributed by atoms with Crippen molar-refractivity contribution in [2.45, 2.75) is 17.1 Å². The maximum Gasteiger partial charge on any atom is 0.128 e. The van der Waals surface area contributed by atoms with Crippen LogP contribution in [0.2, 0.25) is 5.02 Å². The van der Waals surface area contributed by atoms with Crippen molar-refractivity contribution < 1.29 is 8.78 Å². The molecule has 0 bridgehead atoms. The van der Waals surface area contributed by atoms with Crippen LogP contribution in [-0.4, -0.2) is 6.54 Å². The van der Waals surface area contributed by atoms with Crippen LogP contribution in [0.3, 0.4) is 0 Å². The molecule has 2 aromatic rings. The van der Waals surface area contributed by atoms with Crippen molar-refractivity contribution in [1.29, 1.82) is 0 Å². The molecule has 2 aromatic carbocycles. The van der Waals surface area contributed by atoms with E-state index in [0.29, 0.717) is 11.6 Å². The highest BCUT2D eigenvalue weighted by atomic mass is 79.9. The topological polar surface area (TPSA) is 12.0 Å². The minimum Gasteiger partial charge on any atom is -0.376 e. The van der Waals surface area contributed by atoms with Gasteiger partial charge in [-0.25, -0.2) is 8.78 Å². The Kier molecular flexibility index (Phi) is 7.42. The third-order valence-corrected chi connectivity index (χ3v) is 6.79. The molecular formula is C21H16Br2ClF2NS. The van der Waals surface area contributed by atoms with Gasteiger partial charge in [-0.05, 0) is 83.0 Å². The first kappa shape index (κ1) is 21.6. The zero-order valence-electron chi connectivity index (χ0n) is 14.8. The Labute approximate surface area is 189 Å². The van der Waals surface area contributed by atoms with E-state index in [-0.39, 0.29) is 5.56 Å². The van der Waals surface area contributed by atoms with Gasteiger partial charge in [0.05, 0.1) is 9.86 Å². The maximum atomic E-state index is 14.7. The number of hydrogen-bond donors (Lipinski definition) is 1. The molecule has 3 rings (SSSR count). The summed E-state index contributed by atoms with van der Waals surface area (Å²) >= 11 is 14.6. The lowest BCUT2D eigenvalue weighted by atomic mass is 10.0. The Balaban J connectivity index is 2.16. The molecule has 1 unspecified atom stereocenters. The predicted octanol–water partition coefficient (Wildman–Crippen LogP) is 7.89. The first-order valence-electron chi connectivity index (χ1n) is 8.38. The highest BCUT2D eigenvalue weighted by molar-refractivity contribution is 9.12. The maximum absolute atomic E-state index is 14.7. The van der Waals surface area contributed by atoms with Crippen molar-refractivity contribution in [3.05, 3.63) is 97.1 Å². The molecule has 1 aliphatic rings. The van der Waals surface area contributed by atoms with Crippen LogP contribution in [0.25, 0.3) is 0 Å². The molecule has 1 aliphatic heterocycles. The van der Waals surface area contributed by atoms with E-state index >= 15 is 0 Å². The summed E-state index contributed by atoms with van der Waals surface area (Å²) in [5, 5.41) is 3.38. The second-order valence-electron chi connectivity index (χ2n) is 6.26. The van der Waals surface area contributed by atoms with Gasteiger partial charge < -0.3 is 5.32 Å². The van der Waals surface area contributed by atoms with E-state index < -0.39 is 16.9 Å². The van der Waals surface area contributed by atoms with Crippen molar-refractivity contribution in [2.75, 3.05) is 6.54 Å². The molecule has 0 aliphatic carbocycles. The molecule has 0 saturated carbocycles. The first-order valence-corrected chi connectivity index (χ1v) is 11.2. The summed E-state index contributed by atoms with van der Waals surface area (Å²) < 4.78 is 30.3. The molecule has 7 heteroatoms. The van der Waals surface area contributed by atoms with Gasteiger partial charge in [-0.3, -0.25) is 0 Å². The third-order valence-electron chi connectivity index (χ3n) is 4.06. The minimum atomic E-state index is -0.484. The van der Waals surface area contributed by atoms with Gasteiger partial charge in [-0.15, -0.1) is 11.8 Å².